The molecule has 0 atom stereocenters. The van der Waals surface area contributed by atoms with Crippen LogP contribution in [0.15, 0.2) is 21.4 Å². The molecule has 0 aliphatic rings. The molecule has 2 rings (SSSR count). The van der Waals surface area contributed by atoms with Gasteiger partial charge in [0.15, 0.2) is 0 Å². The molecule has 21 heavy (non-hydrogen) atoms. The average Bonchev–Trinajstić information content (AvgIpc) is 2.93. The molecule has 116 valence electrons. The van der Waals surface area contributed by atoms with Gasteiger partial charge in [0.1, 0.15) is 16.4 Å². The number of aromatic nitrogens is 2. The van der Waals surface area contributed by atoms with E-state index < -0.39 is 10.0 Å². The van der Waals surface area contributed by atoms with Gasteiger partial charge in [0.25, 0.3) is 0 Å². The molecule has 0 amide bonds. The first kappa shape index (κ1) is 15.7. The smallest absolute Gasteiger partial charge is 0.244 e. The zero-order valence-electron chi connectivity index (χ0n) is 12.4. The number of aryl methyl sites for hydroxylation is 2. The van der Waals surface area contributed by atoms with Crippen LogP contribution in [0.25, 0.3) is 0 Å². The first-order chi connectivity index (χ1) is 9.85. The van der Waals surface area contributed by atoms with Crippen LogP contribution in [0.4, 0.5) is 0 Å². The van der Waals surface area contributed by atoms with E-state index in [9.17, 15) is 8.42 Å². The molecule has 0 aromatic carbocycles. The fraction of sp³-hybridized carbons (Fsp3) is 0.462. The number of nitrogens with two attached hydrogens (primary N) is 1. The van der Waals surface area contributed by atoms with Crippen LogP contribution in [0.1, 0.15) is 22.9 Å². The van der Waals surface area contributed by atoms with Crippen molar-refractivity contribution in [2.45, 2.75) is 38.8 Å². The maximum Gasteiger partial charge on any atom is 0.244 e. The summed E-state index contributed by atoms with van der Waals surface area (Å²) in [5, 5.41) is 4.22. The Morgan fingerprint density at radius 1 is 1.33 bits per heavy atom. The minimum absolute atomic E-state index is 0.108. The molecule has 2 heterocycles. The zero-order valence-corrected chi connectivity index (χ0v) is 13.2. The molecule has 8 heteroatoms. The van der Waals surface area contributed by atoms with Gasteiger partial charge >= 0.3 is 0 Å². The van der Waals surface area contributed by atoms with Crippen LogP contribution in [0.5, 0.6) is 0 Å². The van der Waals surface area contributed by atoms with E-state index in [4.69, 9.17) is 10.2 Å². The maximum absolute atomic E-state index is 12.4. The van der Waals surface area contributed by atoms with E-state index in [1.54, 1.807) is 30.7 Å². The van der Waals surface area contributed by atoms with Gasteiger partial charge in [-0.3, -0.25) is 4.68 Å². The molecular weight excluding hydrogens is 292 g/mol. The first-order valence-electron chi connectivity index (χ1n) is 6.64. The fourth-order valence-electron chi connectivity index (χ4n) is 2.23. The van der Waals surface area contributed by atoms with E-state index in [1.807, 2.05) is 6.92 Å². The number of sulfonamides is 1. The molecule has 2 aromatic heterocycles. The lowest BCUT2D eigenvalue weighted by Crippen LogP contribution is -2.24. The number of furan rings is 1. The molecule has 2 aromatic rings. The molecule has 0 spiro atoms. The van der Waals surface area contributed by atoms with Gasteiger partial charge in [0.2, 0.25) is 10.0 Å². The van der Waals surface area contributed by atoms with Crippen LogP contribution in [0.2, 0.25) is 0 Å². The predicted molar refractivity (Wildman–Crippen MR) is 78.2 cm³/mol. The molecule has 0 aliphatic heterocycles. The van der Waals surface area contributed by atoms with Crippen molar-refractivity contribution < 1.29 is 12.8 Å². The standard InChI is InChI=1S/C13H20N4O3S/c1-9-4-5-12(20-9)8-15-21(18,19)13-10(2)16-17(7-6-14)11(13)3/h4-5,15H,6-8,14H2,1-3H3. The first-order valence-corrected chi connectivity index (χ1v) is 8.12. The minimum atomic E-state index is -3.64. The largest absolute Gasteiger partial charge is 0.465 e. The Morgan fingerprint density at radius 2 is 2.05 bits per heavy atom. The van der Waals surface area contributed by atoms with Crippen molar-refractivity contribution in [3.8, 4) is 0 Å². The summed E-state index contributed by atoms with van der Waals surface area (Å²) in [7, 11) is -3.64. The summed E-state index contributed by atoms with van der Waals surface area (Å²) in [6, 6.07) is 3.54. The van der Waals surface area contributed by atoms with E-state index in [2.05, 4.69) is 9.82 Å². The SMILES string of the molecule is Cc1ccc(CNS(=O)(=O)c2c(C)nn(CCN)c2C)o1. The van der Waals surface area contributed by atoms with Gasteiger partial charge in [-0.1, -0.05) is 0 Å². The van der Waals surface area contributed by atoms with E-state index in [1.165, 1.54) is 0 Å². The van der Waals surface area contributed by atoms with E-state index >= 15 is 0 Å². The normalized spacial score (nSPS) is 12.0. The van der Waals surface area contributed by atoms with Crippen LogP contribution < -0.4 is 10.5 Å². The van der Waals surface area contributed by atoms with Gasteiger partial charge in [-0.2, -0.15) is 5.10 Å². The quantitative estimate of drug-likeness (QED) is 0.822. The highest BCUT2D eigenvalue weighted by molar-refractivity contribution is 7.89. The Balaban J connectivity index is 2.23. The number of nitrogens with one attached hydrogen (secondary N) is 1. The Morgan fingerprint density at radius 3 is 2.62 bits per heavy atom. The third-order valence-electron chi connectivity index (χ3n) is 3.16. The third-order valence-corrected chi connectivity index (χ3v) is 4.81. The summed E-state index contributed by atoms with van der Waals surface area (Å²) in [6.07, 6.45) is 0. The van der Waals surface area contributed by atoms with Crippen molar-refractivity contribution in [1.29, 1.82) is 0 Å². The topological polar surface area (TPSA) is 103 Å². The lowest BCUT2D eigenvalue weighted by Gasteiger charge is -2.06. The summed E-state index contributed by atoms with van der Waals surface area (Å²) in [4.78, 5) is 0.208. The molecule has 0 aliphatic carbocycles. The van der Waals surface area contributed by atoms with Gasteiger partial charge in [-0.25, -0.2) is 13.1 Å². The summed E-state index contributed by atoms with van der Waals surface area (Å²) in [5.74, 6) is 1.31. The van der Waals surface area contributed by atoms with Crippen molar-refractivity contribution in [2.24, 2.45) is 5.73 Å². The molecule has 0 saturated carbocycles. The Kier molecular flexibility index (Phi) is 4.50. The van der Waals surface area contributed by atoms with Crippen LogP contribution in [0, 0.1) is 20.8 Å². The average molecular weight is 312 g/mol. The molecule has 3 N–H and O–H groups in total. The molecular formula is C13H20N4O3S. The van der Waals surface area contributed by atoms with Gasteiger partial charge < -0.3 is 10.2 Å². The van der Waals surface area contributed by atoms with Crippen molar-refractivity contribution >= 4 is 10.0 Å². The minimum Gasteiger partial charge on any atom is -0.465 e. The Hall–Kier alpha value is -1.64. The molecule has 0 radical (unpaired) electrons. The molecule has 0 saturated heterocycles. The van der Waals surface area contributed by atoms with Crippen molar-refractivity contribution in [3.05, 3.63) is 35.0 Å². The Labute approximate surface area is 124 Å². The molecule has 0 fully saturated rings. The maximum atomic E-state index is 12.4. The second-order valence-corrected chi connectivity index (χ2v) is 6.55. The third kappa shape index (κ3) is 3.34. The molecule has 7 nitrogen and oxygen atoms in total. The predicted octanol–water partition coefficient (Wildman–Crippen LogP) is 0.839. The van der Waals surface area contributed by atoms with E-state index in [-0.39, 0.29) is 11.4 Å². The number of hydrogen-bond acceptors (Lipinski definition) is 5. The summed E-state index contributed by atoms with van der Waals surface area (Å²) in [5.41, 5.74) is 6.54. The second kappa shape index (κ2) is 6.00. The fourth-order valence-corrected chi connectivity index (χ4v) is 3.63. The highest BCUT2D eigenvalue weighted by Crippen LogP contribution is 2.19. The van der Waals surface area contributed by atoms with Crippen LogP contribution in [0.3, 0.4) is 0 Å². The highest BCUT2D eigenvalue weighted by Gasteiger charge is 2.24. The van der Waals surface area contributed by atoms with E-state index in [0.29, 0.717) is 30.2 Å². The second-order valence-electron chi connectivity index (χ2n) is 4.85. The van der Waals surface area contributed by atoms with Crippen LogP contribution >= 0.6 is 0 Å². The lowest BCUT2D eigenvalue weighted by molar-refractivity contribution is 0.475. The van der Waals surface area contributed by atoms with Gasteiger partial charge in [0.05, 0.1) is 24.5 Å². The van der Waals surface area contributed by atoms with Gasteiger partial charge in [-0.15, -0.1) is 0 Å². The number of hydrogen-bond donors (Lipinski definition) is 2. The monoisotopic (exact) mass is 312 g/mol. The van der Waals surface area contributed by atoms with Crippen molar-refractivity contribution in [2.75, 3.05) is 6.54 Å². The summed E-state index contributed by atoms with van der Waals surface area (Å²) >= 11 is 0. The van der Waals surface area contributed by atoms with Crippen LogP contribution in [-0.4, -0.2) is 24.7 Å². The van der Waals surface area contributed by atoms with Gasteiger partial charge in [0, 0.05) is 6.54 Å². The summed E-state index contributed by atoms with van der Waals surface area (Å²) < 4.78 is 34.4. The zero-order chi connectivity index (χ0) is 15.6. The molecule has 0 unspecified atom stereocenters. The van der Waals surface area contributed by atoms with Crippen LogP contribution in [-0.2, 0) is 23.1 Å². The highest BCUT2D eigenvalue weighted by atomic mass is 32.2. The van der Waals surface area contributed by atoms with Gasteiger partial charge in [-0.05, 0) is 32.9 Å². The number of rotatable bonds is 6. The molecule has 0 bridgehead atoms. The lowest BCUT2D eigenvalue weighted by atomic mass is 10.4. The number of nitrogens with zero attached hydrogens (tertiary/aromatic N) is 2. The summed E-state index contributed by atoms with van der Waals surface area (Å²) in [6.45, 7) is 6.20. The Bertz CT molecular complexity index is 731. The van der Waals surface area contributed by atoms with Crippen molar-refractivity contribution in [1.82, 2.24) is 14.5 Å². The van der Waals surface area contributed by atoms with Crippen molar-refractivity contribution in [3.63, 3.8) is 0 Å². The van der Waals surface area contributed by atoms with E-state index in [0.717, 1.165) is 5.76 Å².